The first-order chi connectivity index (χ1) is 31.8. The summed E-state index contributed by atoms with van der Waals surface area (Å²) in [5.74, 6) is -2.31. The van der Waals surface area contributed by atoms with E-state index in [2.05, 4.69) is 97.4 Å². The number of nitrogens with one attached hydrogen (secondary N) is 2. The first kappa shape index (κ1) is 61.3. The molecule has 0 aliphatic heterocycles. The Hall–Kier alpha value is -3.72. The Morgan fingerprint density at radius 3 is 1.32 bits per heavy atom. The van der Waals surface area contributed by atoms with Crippen LogP contribution in [0.4, 0.5) is 0 Å². The minimum absolute atomic E-state index is 0.0311. The Morgan fingerprint density at radius 1 is 0.477 bits per heavy atom. The summed E-state index contributed by atoms with van der Waals surface area (Å²) >= 11 is 0. The number of ether oxygens (including phenoxy) is 1. The molecule has 2 unspecified atom stereocenters. The highest BCUT2D eigenvalue weighted by molar-refractivity contribution is 5.87. The molecule has 372 valence electrons. The van der Waals surface area contributed by atoms with E-state index in [0.717, 1.165) is 116 Å². The minimum atomic E-state index is -1.39. The zero-order valence-corrected chi connectivity index (χ0v) is 41.5. The highest BCUT2D eigenvalue weighted by atomic mass is 16.5. The first-order valence-corrected chi connectivity index (χ1v) is 26.3. The van der Waals surface area contributed by atoms with Crippen LogP contribution in [0.15, 0.2) is 72.9 Å². The predicted octanol–water partition coefficient (Wildman–Crippen LogP) is 14.2. The molecule has 9 nitrogen and oxygen atoms in total. The van der Waals surface area contributed by atoms with E-state index < -0.39 is 24.5 Å². The molecule has 0 aromatic carbocycles. The monoisotopic (exact) mass is 909 g/mol. The van der Waals surface area contributed by atoms with E-state index >= 15 is 0 Å². The zero-order valence-electron chi connectivity index (χ0n) is 41.5. The number of aliphatic hydroxyl groups excluding tert-OH is 1. The van der Waals surface area contributed by atoms with E-state index in [-0.39, 0.29) is 30.9 Å². The summed E-state index contributed by atoms with van der Waals surface area (Å²) in [5.41, 5.74) is 0. The van der Waals surface area contributed by atoms with Crippen molar-refractivity contribution in [2.75, 3.05) is 13.2 Å². The fourth-order valence-corrected chi connectivity index (χ4v) is 7.48. The van der Waals surface area contributed by atoms with E-state index in [1.807, 2.05) is 0 Å². The fraction of sp³-hybridized carbons (Fsp3) is 0.714. The number of allylic oxidation sites excluding steroid dienone is 12. The summed E-state index contributed by atoms with van der Waals surface area (Å²) in [7, 11) is 0. The van der Waals surface area contributed by atoms with E-state index in [4.69, 9.17) is 14.9 Å². The summed E-state index contributed by atoms with van der Waals surface area (Å²) < 4.78 is 6.06. The smallest absolute Gasteiger partial charge is 0.328 e. The number of carboxylic acid groups (broad SMARTS) is 1. The molecule has 0 fully saturated rings. The lowest BCUT2D eigenvalue weighted by Gasteiger charge is -2.18. The SMILES string of the molecule is CC/C=C\C/C=C\C/C=C\C/C=C\C/C=C\C/C=C\CCCCCCC(=O)OC(CCCCCCCCCCCCCCCC)CCCCCCCC(=O)NCC(=O)NC(CO)C(=O)O. The Kier molecular flexibility index (Phi) is 46.9. The molecular formula is C56H96N2O7. The van der Waals surface area contributed by atoms with Gasteiger partial charge in [0, 0.05) is 12.8 Å². The van der Waals surface area contributed by atoms with Crippen molar-refractivity contribution in [2.45, 2.75) is 244 Å². The summed E-state index contributed by atoms with van der Waals surface area (Å²) in [6.07, 6.45) is 63.6. The van der Waals surface area contributed by atoms with Gasteiger partial charge in [-0.2, -0.15) is 0 Å². The first-order valence-electron chi connectivity index (χ1n) is 26.3. The molecule has 9 heteroatoms. The van der Waals surface area contributed by atoms with Crippen molar-refractivity contribution in [2.24, 2.45) is 0 Å². The third-order valence-corrected chi connectivity index (χ3v) is 11.5. The second-order valence-electron chi connectivity index (χ2n) is 17.6. The van der Waals surface area contributed by atoms with Crippen LogP contribution in [0.2, 0.25) is 0 Å². The van der Waals surface area contributed by atoms with Crippen LogP contribution in [-0.4, -0.2) is 59.3 Å². The van der Waals surface area contributed by atoms with Gasteiger partial charge in [0.25, 0.3) is 0 Å². The van der Waals surface area contributed by atoms with Crippen molar-refractivity contribution in [1.29, 1.82) is 0 Å². The topological polar surface area (TPSA) is 142 Å². The molecule has 0 aromatic rings. The Morgan fingerprint density at radius 2 is 0.877 bits per heavy atom. The molecule has 0 rings (SSSR count). The molecule has 0 aromatic heterocycles. The number of hydrogen-bond donors (Lipinski definition) is 4. The van der Waals surface area contributed by atoms with Crippen LogP contribution in [0.25, 0.3) is 0 Å². The van der Waals surface area contributed by atoms with Crippen LogP contribution in [0.5, 0.6) is 0 Å². The molecule has 0 saturated carbocycles. The molecule has 0 spiro atoms. The van der Waals surface area contributed by atoms with E-state index in [1.165, 1.54) is 83.5 Å². The number of unbranched alkanes of at least 4 members (excludes halogenated alkanes) is 21. The van der Waals surface area contributed by atoms with Gasteiger partial charge < -0.3 is 25.6 Å². The van der Waals surface area contributed by atoms with E-state index in [0.29, 0.717) is 12.8 Å². The highest BCUT2D eigenvalue weighted by Gasteiger charge is 2.19. The molecule has 0 aliphatic carbocycles. The van der Waals surface area contributed by atoms with Gasteiger partial charge in [0.2, 0.25) is 11.8 Å². The van der Waals surface area contributed by atoms with Gasteiger partial charge in [-0.25, -0.2) is 4.79 Å². The molecule has 0 aliphatic rings. The number of carbonyl (C=O) groups excluding carboxylic acids is 3. The van der Waals surface area contributed by atoms with Gasteiger partial charge in [0.15, 0.2) is 0 Å². The van der Waals surface area contributed by atoms with Gasteiger partial charge in [0.05, 0.1) is 13.2 Å². The molecule has 4 N–H and O–H groups in total. The van der Waals surface area contributed by atoms with Crippen LogP contribution < -0.4 is 10.6 Å². The lowest BCUT2D eigenvalue weighted by atomic mass is 10.0. The average molecular weight is 909 g/mol. The van der Waals surface area contributed by atoms with E-state index in [1.54, 1.807) is 0 Å². The number of carbonyl (C=O) groups is 4. The number of aliphatic carboxylic acids is 1. The van der Waals surface area contributed by atoms with Gasteiger partial charge in [-0.05, 0) is 89.9 Å². The largest absolute Gasteiger partial charge is 0.480 e. The number of aliphatic hydroxyl groups is 1. The Labute approximate surface area is 397 Å². The maximum absolute atomic E-state index is 12.9. The van der Waals surface area contributed by atoms with Crippen LogP contribution in [0, 0.1) is 0 Å². The van der Waals surface area contributed by atoms with Crippen molar-refractivity contribution in [3.63, 3.8) is 0 Å². The Balaban J connectivity index is 4.35. The molecule has 0 bridgehead atoms. The second-order valence-corrected chi connectivity index (χ2v) is 17.6. The van der Waals surface area contributed by atoms with Gasteiger partial charge >= 0.3 is 11.9 Å². The molecule has 0 saturated heterocycles. The lowest BCUT2D eigenvalue weighted by Crippen LogP contribution is -2.47. The number of amides is 2. The molecule has 2 atom stereocenters. The van der Waals surface area contributed by atoms with Crippen LogP contribution in [0.1, 0.15) is 232 Å². The fourth-order valence-electron chi connectivity index (χ4n) is 7.48. The molecule has 65 heavy (non-hydrogen) atoms. The van der Waals surface area contributed by atoms with Crippen molar-refractivity contribution in [1.82, 2.24) is 10.6 Å². The summed E-state index contributed by atoms with van der Waals surface area (Å²) in [6.45, 7) is 3.38. The average Bonchev–Trinajstić information content (AvgIpc) is 3.29. The van der Waals surface area contributed by atoms with Crippen LogP contribution >= 0.6 is 0 Å². The van der Waals surface area contributed by atoms with Crippen molar-refractivity contribution in [3.8, 4) is 0 Å². The summed E-state index contributed by atoms with van der Waals surface area (Å²) in [4.78, 5) is 47.8. The van der Waals surface area contributed by atoms with Gasteiger partial charge in [-0.3, -0.25) is 14.4 Å². The number of rotatable bonds is 47. The summed E-state index contributed by atoms with van der Waals surface area (Å²) in [5, 5.41) is 22.6. The molecule has 0 heterocycles. The van der Waals surface area contributed by atoms with Gasteiger partial charge in [0.1, 0.15) is 12.1 Å². The predicted molar refractivity (Wildman–Crippen MR) is 273 cm³/mol. The third kappa shape index (κ3) is 46.6. The normalized spacial score (nSPS) is 13.0. The number of carboxylic acids is 1. The van der Waals surface area contributed by atoms with Gasteiger partial charge in [-0.1, -0.05) is 202 Å². The molecule has 0 radical (unpaired) electrons. The van der Waals surface area contributed by atoms with Crippen molar-refractivity contribution < 1.29 is 34.1 Å². The van der Waals surface area contributed by atoms with Crippen LogP contribution in [-0.2, 0) is 23.9 Å². The van der Waals surface area contributed by atoms with Gasteiger partial charge in [-0.15, -0.1) is 0 Å². The Bertz CT molecular complexity index is 1320. The second kappa shape index (κ2) is 49.7. The standard InChI is InChI=1S/C56H96N2O7/c1-3-5-7-9-11-13-15-17-19-20-21-22-23-24-25-26-27-29-31-33-35-40-44-48-55(62)65-51(45-41-37-34-32-30-28-18-16-14-12-10-8-6-4-2)46-42-38-36-39-43-47-53(60)57-49-54(61)58-52(50-59)56(63)64/h5,7,11,13,17,19,21-22,24-25,27,29,51-52,59H,3-4,6,8-10,12,14-16,18,20,23,26,28,30-50H2,1-2H3,(H,57,60)(H,58,61)(H,63,64)/b7-5-,13-11-,19-17-,22-21-,25-24-,29-27-. The zero-order chi connectivity index (χ0) is 47.5. The van der Waals surface area contributed by atoms with Crippen molar-refractivity contribution >= 4 is 23.8 Å². The quantitative estimate of drug-likeness (QED) is 0.0271. The lowest BCUT2D eigenvalue weighted by molar-refractivity contribution is -0.150. The summed E-state index contributed by atoms with van der Waals surface area (Å²) in [6, 6.07) is -1.39. The maximum atomic E-state index is 12.9. The van der Waals surface area contributed by atoms with Crippen LogP contribution in [0.3, 0.4) is 0 Å². The van der Waals surface area contributed by atoms with E-state index in [9.17, 15) is 19.2 Å². The third-order valence-electron chi connectivity index (χ3n) is 11.5. The number of esters is 1. The maximum Gasteiger partial charge on any atom is 0.328 e. The molecule has 2 amide bonds. The van der Waals surface area contributed by atoms with Crippen molar-refractivity contribution in [3.05, 3.63) is 72.9 Å². The minimum Gasteiger partial charge on any atom is -0.480 e. The highest BCUT2D eigenvalue weighted by Crippen LogP contribution is 2.19. The molecular weight excluding hydrogens is 813 g/mol. The number of hydrogen-bond acceptors (Lipinski definition) is 6.